The van der Waals surface area contributed by atoms with Gasteiger partial charge in [0.1, 0.15) is 0 Å². The quantitative estimate of drug-likeness (QED) is 0.0920. The van der Waals surface area contributed by atoms with Gasteiger partial charge in [-0.25, -0.2) is 0 Å². The molecule has 0 aliphatic heterocycles. The summed E-state index contributed by atoms with van der Waals surface area (Å²) in [5.74, 6) is 0.658. The van der Waals surface area contributed by atoms with Crippen LogP contribution in [-0.2, 0) is 24.5 Å². The average Bonchev–Trinajstić information content (AvgIpc) is 3.28. The topological polar surface area (TPSA) is 56.8 Å². The van der Waals surface area contributed by atoms with E-state index < -0.39 is 25.0 Å². The number of aryl methyl sites for hydroxylation is 1. The minimum absolute atomic E-state index is 0.0328. The Bertz CT molecular complexity index is 1250. The zero-order valence-corrected chi connectivity index (χ0v) is 38.9. The van der Waals surface area contributed by atoms with Crippen molar-refractivity contribution < 1.29 is 18.1 Å². The molecule has 0 unspecified atom stereocenters. The summed E-state index contributed by atoms with van der Waals surface area (Å²) in [4.78, 5) is 12.0. The number of nitrogens with one attached hydrogen (secondary N) is 1. The predicted octanol–water partition coefficient (Wildman–Crippen LogP) is 12.2. The Kier molecular flexibility index (Phi) is 16.9. The summed E-state index contributed by atoms with van der Waals surface area (Å²) < 4.78 is 21.9. The highest BCUT2D eigenvalue weighted by Crippen LogP contribution is 2.48. The zero-order valence-electron chi connectivity index (χ0n) is 35.9. The minimum atomic E-state index is -2.07. The lowest BCUT2D eigenvalue weighted by atomic mass is 9.89. The van der Waals surface area contributed by atoms with Crippen LogP contribution in [0.25, 0.3) is 0 Å². The van der Waals surface area contributed by atoms with Crippen LogP contribution in [0.1, 0.15) is 113 Å². The fourth-order valence-electron chi connectivity index (χ4n) is 6.03. The maximum absolute atomic E-state index is 12.0. The molecule has 0 radical (unpaired) electrons. The molecule has 1 aromatic rings. The van der Waals surface area contributed by atoms with Crippen molar-refractivity contribution in [3.63, 3.8) is 0 Å². The molecule has 0 saturated heterocycles. The van der Waals surface area contributed by atoms with Crippen molar-refractivity contribution in [3.8, 4) is 0 Å². The zero-order chi connectivity index (χ0) is 38.9. The van der Waals surface area contributed by atoms with E-state index in [4.69, 9.17) is 13.3 Å². The predicted molar refractivity (Wildman–Crippen MR) is 228 cm³/mol. The normalized spacial score (nSPS) is 21.9. The first-order valence-corrected chi connectivity index (χ1v) is 28.7. The molecule has 2 rings (SSSR count). The lowest BCUT2D eigenvalue weighted by Gasteiger charge is -2.40. The van der Waals surface area contributed by atoms with E-state index in [2.05, 4.69) is 162 Å². The first-order chi connectivity index (χ1) is 23.3. The van der Waals surface area contributed by atoms with Gasteiger partial charge < -0.3 is 18.6 Å². The Labute approximate surface area is 318 Å². The fourth-order valence-corrected chi connectivity index (χ4v) is 10.1. The van der Waals surface area contributed by atoms with Gasteiger partial charge in [0.2, 0.25) is 5.91 Å². The summed E-state index contributed by atoms with van der Waals surface area (Å²) in [6.45, 7) is 38.0. The number of carbonyl (C=O) groups excluding carboxylic acids is 1. The van der Waals surface area contributed by atoms with E-state index >= 15 is 0 Å². The summed E-state index contributed by atoms with van der Waals surface area (Å²) >= 11 is 0. The molecule has 8 heteroatoms. The number of hydrogen-bond donors (Lipinski definition) is 1. The molecule has 0 bridgehead atoms. The minimum Gasteiger partial charge on any atom is -0.414 e. The van der Waals surface area contributed by atoms with Gasteiger partial charge in [-0.15, -0.1) is 0 Å². The fraction of sp³-hybridized carbons (Fsp3) is 0.744. The van der Waals surface area contributed by atoms with E-state index in [-0.39, 0.29) is 45.3 Å². The van der Waals surface area contributed by atoms with Crippen LogP contribution in [0.4, 0.5) is 0 Å². The molecule has 1 N–H and O–H groups in total. The molecule has 0 aromatic heterocycles. The van der Waals surface area contributed by atoms with Crippen molar-refractivity contribution in [2.24, 2.45) is 11.8 Å². The summed E-state index contributed by atoms with van der Waals surface area (Å²) in [5.41, 5.74) is 1.35. The first-order valence-electron chi connectivity index (χ1n) is 20.0. The van der Waals surface area contributed by atoms with Crippen molar-refractivity contribution in [1.29, 1.82) is 0 Å². The molecule has 0 spiro atoms. The molecule has 1 aliphatic carbocycles. The number of rotatable bonds is 18. The third-order valence-corrected chi connectivity index (χ3v) is 26.0. The Morgan fingerprint density at radius 3 is 1.90 bits per heavy atom. The molecule has 5 atom stereocenters. The van der Waals surface area contributed by atoms with Crippen LogP contribution in [0.2, 0.25) is 54.4 Å². The third-order valence-electron chi connectivity index (χ3n) is 12.5. The third kappa shape index (κ3) is 14.1. The molecular formula is C43H79NO4Si3. The number of carbonyl (C=O) groups is 1. The monoisotopic (exact) mass is 758 g/mol. The molecule has 51 heavy (non-hydrogen) atoms. The highest BCUT2D eigenvalue weighted by Gasteiger charge is 2.50. The van der Waals surface area contributed by atoms with Crippen LogP contribution in [0.5, 0.6) is 0 Å². The van der Waals surface area contributed by atoms with Crippen molar-refractivity contribution >= 4 is 30.9 Å². The van der Waals surface area contributed by atoms with Gasteiger partial charge in [-0.3, -0.25) is 4.79 Å². The van der Waals surface area contributed by atoms with Crippen LogP contribution in [0.3, 0.4) is 0 Å². The van der Waals surface area contributed by atoms with E-state index in [1.54, 1.807) is 0 Å². The van der Waals surface area contributed by atoms with Gasteiger partial charge in [-0.05, 0) is 111 Å². The van der Waals surface area contributed by atoms with Gasteiger partial charge in [0.25, 0.3) is 0 Å². The van der Waals surface area contributed by atoms with Gasteiger partial charge in [-0.1, -0.05) is 117 Å². The smallest absolute Gasteiger partial charge is 0.219 e. The van der Waals surface area contributed by atoms with E-state index in [1.807, 2.05) is 6.92 Å². The SMILES string of the molecule is CCNC(=O)CCC/C=C/C[C@@H]1[C@@H](/C=C/[C@H](CCc2ccccc2)O[Si](C)(C)C(C)(C)C)[C@H](O[Si](C)(C)C(C)(C)C)C[C@@H]1O[Si](C)(C)C(C)(C)C. The lowest BCUT2D eigenvalue weighted by molar-refractivity contribution is -0.121. The van der Waals surface area contributed by atoms with E-state index in [0.717, 1.165) is 38.5 Å². The Hall–Kier alpha value is -1.30. The van der Waals surface area contributed by atoms with E-state index in [9.17, 15) is 4.79 Å². The Morgan fingerprint density at radius 1 is 0.824 bits per heavy atom. The molecule has 1 aromatic carbocycles. The molecule has 5 nitrogen and oxygen atoms in total. The summed E-state index contributed by atoms with van der Waals surface area (Å²) in [6.07, 6.45) is 15.9. The number of allylic oxidation sites excluding steroid dienone is 2. The molecule has 0 heterocycles. The van der Waals surface area contributed by atoms with Crippen LogP contribution in [0, 0.1) is 11.8 Å². The summed E-state index contributed by atoms with van der Waals surface area (Å²) in [5, 5.41) is 3.28. The van der Waals surface area contributed by atoms with Crippen LogP contribution < -0.4 is 5.32 Å². The van der Waals surface area contributed by atoms with Crippen molar-refractivity contribution in [1.82, 2.24) is 5.32 Å². The van der Waals surface area contributed by atoms with Gasteiger partial charge in [0.05, 0.1) is 18.3 Å². The van der Waals surface area contributed by atoms with Crippen molar-refractivity contribution in [2.45, 2.75) is 187 Å². The van der Waals surface area contributed by atoms with Gasteiger partial charge in [-0.2, -0.15) is 0 Å². The molecule has 1 aliphatic rings. The van der Waals surface area contributed by atoms with Crippen LogP contribution in [0.15, 0.2) is 54.6 Å². The van der Waals surface area contributed by atoms with Crippen LogP contribution in [-0.4, -0.2) is 55.7 Å². The second kappa shape index (κ2) is 18.8. The summed E-state index contributed by atoms with van der Waals surface area (Å²) in [6, 6.07) is 10.8. The average molecular weight is 758 g/mol. The van der Waals surface area contributed by atoms with Gasteiger partial charge in [0.15, 0.2) is 25.0 Å². The highest BCUT2D eigenvalue weighted by molar-refractivity contribution is 6.75. The van der Waals surface area contributed by atoms with Gasteiger partial charge in [0, 0.05) is 18.9 Å². The van der Waals surface area contributed by atoms with Crippen molar-refractivity contribution in [2.75, 3.05) is 6.54 Å². The second-order valence-electron chi connectivity index (χ2n) is 19.7. The molecule has 1 fully saturated rings. The lowest BCUT2D eigenvalue weighted by Crippen LogP contribution is -2.45. The summed E-state index contributed by atoms with van der Waals surface area (Å²) in [7, 11) is -6.15. The van der Waals surface area contributed by atoms with E-state index in [0.29, 0.717) is 18.9 Å². The highest BCUT2D eigenvalue weighted by atomic mass is 28.4. The number of unbranched alkanes of at least 4 members (excludes halogenated alkanes) is 1. The molecule has 1 amide bonds. The first kappa shape index (κ1) is 45.9. The molecular weight excluding hydrogens is 679 g/mol. The number of benzene rings is 1. The second-order valence-corrected chi connectivity index (χ2v) is 34.0. The largest absolute Gasteiger partial charge is 0.414 e. The standard InChI is InChI=1S/C43H79NO4Si3/c1-17-44-40(45)28-24-19-18-23-27-36-37(32-31-35(46-49(11,12)41(2,3)4)30-29-34-25-21-20-22-26-34)39(48-51(15,16)43(8,9)10)33-38(36)47-50(13,14)42(5,6)7/h18,20-23,25-26,31-32,35-39H,17,19,24,27-30,33H2,1-16H3,(H,44,45)/b23-18+,32-31+/t35-,36+,37+,38-,39+/m0/s1. The van der Waals surface area contributed by atoms with Crippen molar-refractivity contribution in [3.05, 3.63) is 60.2 Å². The number of hydrogen-bond acceptors (Lipinski definition) is 4. The molecule has 1 saturated carbocycles. The van der Waals surface area contributed by atoms with Gasteiger partial charge >= 0.3 is 0 Å². The molecule has 292 valence electrons. The Morgan fingerprint density at radius 2 is 1.37 bits per heavy atom. The Balaban J connectivity index is 2.55. The maximum Gasteiger partial charge on any atom is 0.219 e. The van der Waals surface area contributed by atoms with E-state index in [1.165, 1.54) is 5.56 Å². The number of amides is 1. The maximum atomic E-state index is 12.0. The van der Waals surface area contributed by atoms with Crippen LogP contribution >= 0.6 is 0 Å².